The number of benzene rings is 3. The van der Waals surface area contributed by atoms with Gasteiger partial charge in [-0.25, -0.2) is 4.79 Å². The molecule has 4 nitrogen and oxygen atoms in total. The molecule has 30 heavy (non-hydrogen) atoms. The van der Waals surface area contributed by atoms with Gasteiger partial charge >= 0.3 is 11.9 Å². The molecule has 0 aliphatic carbocycles. The first-order chi connectivity index (χ1) is 14.3. The molecule has 1 aliphatic heterocycles. The lowest BCUT2D eigenvalue weighted by atomic mass is 10.1. The van der Waals surface area contributed by atoms with E-state index in [1.165, 1.54) is 22.4 Å². The quantitative estimate of drug-likeness (QED) is 0.412. The third-order valence-electron chi connectivity index (χ3n) is 5.05. The number of rotatable bonds is 2. The molecule has 0 bridgehead atoms. The minimum atomic E-state index is -4.54. The van der Waals surface area contributed by atoms with E-state index < -0.39 is 23.0 Å². The molecule has 4 aromatic rings. The standard InChI is InChI=1S/C22H13F3N2O2S/c23-22(24,25)14-9-10-17-16(11-14)27-19-15(7-4-8-18(19)30-17)20(28)26(21(27)29)12-13-5-2-1-3-6-13/h1-11H,12H2. The Kier molecular flexibility index (Phi) is 4.14. The van der Waals surface area contributed by atoms with Crippen LogP contribution in [0.15, 0.2) is 86.1 Å². The van der Waals surface area contributed by atoms with Gasteiger partial charge in [-0.3, -0.25) is 13.9 Å². The van der Waals surface area contributed by atoms with Crippen molar-refractivity contribution >= 4 is 22.7 Å². The fraction of sp³-hybridized carbons (Fsp3) is 0.0909. The fourth-order valence-corrected chi connectivity index (χ4v) is 4.73. The Morgan fingerprint density at radius 3 is 2.37 bits per heavy atom. The SMILES string of the molecule is O=c1c2cccc3c2n(c(=O)n1Cc1ccccc1)-c1cc(C(F)(F)F)ccc1S3. The molecule has 0 saturated heterocycles. The summed E-state index contributed by atoms with van der Waals surface area (Å²) in [5, 5.41) is 0.290. The van der Waals surface area contributed by atoms with Gasteiger partial charge in [0.2, 0.25) is 0 Å². The molecule has 0 saturated carbocycles. The van der Waals surface area contributed by atoms with Crippen molar-refractivity contribution in [3.8, 4) is 5.69 Å². The van der Waals surface area contributed by atoms with E-state index in [9.17, 15) is 22.8 Å². The average Bonchev–Trinajstić information content (AvgIpc) is 2.73. The van der Waals surface area contributed by atoms with E-state index in [-0.39, 0.29) is 12.2 Å². The van der Waals surface area contributed by atoms with Crippen LogP contribution < -0.4 is 11.2 Å². The summed E-state index contributed by atoms with van der Waals surface area (Å²) < 4.78 is 42.3. The van der Waals surface area contributed by atoms with Crippen LogP contribution in [0.4, 0.5) is 13.2 Å². The maximum Gasteiger partial charge on any atom is 0.416 e. The van der Waals surface area contributed by atoms with Crippen LogP contribution >= 0.6 is 11.8 Å². The van der Waals surface area contributed by atoms with Crippen molar-refractivity contribution in [2.45, 2.75) is 22.5 Å². The molecule has 0 fully saturated rings. The monoisotopic (exact) mass is 426 g/mol. The topological polar surface area (TPSA) is 44.0 Å². The van der Waals surface area contributed by atoms with Crippen molar-refractivity contribution in [3.05, 3.63) is 98.7 Å². The number of nitrogens with zero attached hydrogens (tertiary/aromatic N) is 2. The van der Waals surface area contributed by atoms with Crippen LogP contribution in [-0.4, -0.2) is 9.13 Å². The van der Waals surface area contributed by atoms with E-state index in [2.05, 4.69) is 0 Å². The van der Waals surface area contributed by atoms with Crippen molar-refractivity contribution < 1.29 is 13.2 Å². The number of para-hydroxylation sites is 1. The number of fused-ring (bicyclic) bond motifs is 2. The zero-order valence-electron chi connectivity index (χ0n) is 15.3. The summed E-state index contributed by atoms with van der Waals surface area (Å²) in [6.45, 7) is 0.0279. The molecular weight excluding hydrogens is 413 g/mol. The average molecular weight is 426 g/mol. The second kappa shape index (κ2) is 6.63. The first-order valence-corrected chi connectivity index (χ1v) is 9.88. The maximum absolute atomic E-state index is 13.4. The summed E-state index contributed by atoms with van der Waals surface area (Å²) in [6.07, 6.45) is -4.54. The van der Waals surface area contributed by atoms with Gasteiger partial charge in [0.25, 0.3) is 5.56 Å². The van der Waals surface area contributed by atoms with E-state index >= 15 is 0 Å². The first-order valence-electron chi connectivity index (χ1n) is 9.06. The molecule has 0 atom stereocenters. The van der Waals surface area contributed by atoms with Crippen LogP contribution in [-0.2, 0) is 12.7 Å². The number of hydrogen-bond donors (Lipinski definition) is 0. The summed E-state index contributed by atoms with van der Waals surface area (Å²) in [5.74, 6) is 0. The molecule has 0 unspecified atom stereocenters. The van der Waals surface area contributed by atoms with E-state index in [0.717, 1.165) is 22.3 Å². The molecule has 0 spiro atoms. The second-order valence-corrected chi connectivity index (χ2v) is 8.01. The minimum absolute atomic E-state index is 0.0279. The van der Waals surface area contributed by atoms with E-state index in [0.29, 0.717) is 20.7 Å². The highest BCUT2D eigenvalue weighted by molar-refractivity contribution is 7.99. The zero-order chi connectivity index (χ0) is 21.0. The van der Waals surface area contributed by atoms with Gasteiger partial charge in [-0.1, -0.05) is 48.2 Å². The van der Waals surface area contributed by atoms with E-state index in [1.54, 1.807) is 42.5 Å². The van der Waals surface area contributed by atoms with Crippen molar-refractivity contribution in [2.24, 2.45) is 0 Å². The van der Waals surface area contributed by atoms with Crippen LogP contribution in [0.25, 0.3) is 16.6 Å². The largest absolute Gasteiger partial charge is 0.416 e. The normalized spacial score (nSPS) is 12.8. The highest BCUT2D eigenvalue weighted by Gasteiger charge is 2.33. The van der Waals surface area contributed by atoms with Crippen LogP contribution in [0.3, 0.4) is 0 Å². The van der Waals surface area contributed by atoms with Gasteiger partial charge in [0, 0.05) is 9.79 Å². The molecule has 1 aromatic heterocycles. The second-order valence-electron chi connectivity index (χ2n) is 6.93. The van der Waals surface area contributed by atoms with Crippen LogP contribution in [0.2, 0.25) is 0 Å². The van der Waals surface area contributed by atoms with Gasteiger partial charge < -0.3 is 0 Å². The fourth-order valence-electron chi connectivity index (χ4n) is 3.66. The van der Waals surface area contributed by atoms with Crippen molar-refractivity contribution in [1.29, 1.82) is 0 Å². The third-order valence-corrected chi connectivity index (χ3v) is 6.17. The van der Waals surface area contributed by atoms with Crippen molar-refractivity contribution in [2.75, 3.05) is 0 Å². The minimum Gasteiger partial charge on any atom is -0.268 e. The Hall–Kier alpha value is -3.26. The van der Waals surface area contributed by atoms with Gasteiger partial charge in [0.15, 0.2) is 0 Å². The summed E-state index contributed by atoms with van der Waals surface area (Å²) in [7, 11) is 0. The lowest BCUT2D eigenvalue weighted by Crippen LogP contribution is -2.40. The number of halogens is 3. The van der Waals surface area contributed by atoms with E-state index in [4.69, 9.17) is 0 Å². The Morgan fingerprint density at radius 1 is 0.867 bits per heavy atom. The molecule has 0 amide bonds. The smallest absolute Gasteiger partial charge is 0.268 e. The maximum atomic E-state index is 13.4. The van der Waals surface area contributed by atoms with Gasteiger partial charge in [-0.05, 0) is 35.9 Å². The predicted molar refractivity (Wildman–Crippen MR) is 108 cm³/mol. The number of aromatic nitrogens is 2. The lowest BCUT2D eigenvalue weighted by Gasteiger charge is -2.23. The summed E-state index contributed by atoms with van der Waals surface area (Å²) in [6, 6.07) is 17.4. The first kappa shape index (κ1) is 18.7. The van der Waals surface area contributed by atoms with Gasteiger partial charge in [-0.2, -0.15) is 13.2 Å². The van der Waals surface area contributed by atoms with Gasteiger partial charge in [-0.15, -0.1) is 0 Å². The molecule has 1 aliphatic rings. The van der Waals surface area contributed by atoms with E-state index in [1.807, 2.05) is 6.07 Å². The summed E-state index contributed by atoms with van der Waals surface area (Å²) in [5.41, 5.74) is -0.756. The summed E-state index contributed by atoms with van der Waals surface area (Å²) in [4.78, 5) is 27.7. The number of hydrogen-bond acceptors (Lipinski definition) is 3. The highest BCUT2D eigenvalue weighted by atomic mass is 32.2. The Bertz CT molecular complexity index is 1420. The molecule has 2 heterocycles. The molecule has 0 radical (unpaired) electrons. The molecule has 8 heteroatoms. The molecule has 3 aromatic carbocycles. The van der Waals surface area contributed by atoms with Crippen molar-refractivity contribution in [3.63, 3.8) is 0 Å². The van der Waals surface area contributed by atoms with Gasteiger partial charge in [0.05, 0.1) is 28.7 Å². The van der Waals surface area contributed by atoms with Crippen LogP contribution in [0, 0.1) is 0 Å². The third kappa shape index (κ3) is 2.87. The molecule has 150 valence electrons. The van der Waals surface area contributed by atoms with Gasteiger partial charge in [0.1, 0.15) is 0 Å². The van der Waals surface area contributed by atoms with Crippen molar-refractivity contribution in [1.82, 2.24) is 9.13 Å². The predicted octanol–water partition coefficient (Wildman–Crippen LogP) is 4.68. The van der Waals surface area contributed by atoms with Crippen LogP contribution in [0.1, 0.15) is 11.1 Å². The Labute approximate surface area is 172 Å². The Balaban J connectivity index is 1.85. The molecule has 5 rings (SSSR count). The van der Waals surface area contributed by atoms with Crippen LogP contribution in [0.5, 0.6) is 0 Å². The molecule has 0 N–H and O–H groups in total. The Morgan fingerprint density at radius 2 is 1.63 bits per heavy atom. The highest BCUT2D eigenvalue weighted by Crippen LogP contribution is 2.43. The molecular formula is C22H13F3N2O2S. The number of alkyl halides is 3. The zero-order valence-corrected chi connectivity index (χ0v) is 16.1. The summed E-state index contributed by atoms with van der Waals surface area (Å²) >= 11 is 1.25. The lowest BCUT2D eigenvalue weighted by molar-refractivity contribution is -0.137.